The van der Waals surface area contributed by atoms with Crippen molar-refractivity contribution in [1.29, 1.82) is 0 Å². The molecule has 2 aliphatic rings. The summed E-state index contributed by atoms with van der Waals surface area (Å²) in [7, 11) is -3.64. The number of fused-ring (bicyclic) bond motifs is 5. The minimum absolute atomic E-state index is 0.339. The van der Waals surface area contributed by atoms with Gasteiger partial charge in [0.25, 0.3) is 0 Å². The summed E-state index contributed by atoms with van der Waals surface area (Å²) in [4.78, 5) is 2.79. The first-order chi connectivity index (χ1) is 17.1. The molecule has 0 fully saturated rings. The standard InChI is InChI=1S/C31H21NO2S/c1-2-23-16-14-20-9-7-13-30-31(20)32(23)28-19-22(15-17-29(28)35(30,33)34)27-18-21-8-3-4-10-24(21)25-11-5-6-12-26(25)27/h3-15,17-19H,2H2,1H3. The lowest BCUT2D eigenvalue weighted by atomic mass is 9.93. The number of sulfone groups is 1. The number of rotatable bonds is 2. The molecular weight excluding hydrogens is 450 g/mol. The molecule has 4 heteroatoms. The van der Waals surface area contributed by atoms with Crippen LogP contribution in [0.4, 0.5) is 11.4 Å². The molecule has 2 heterocycles. The molecule has 5 aromatic carbocycles. The minimum Gasteiger partial charge on any atom is -0.304 e. The number of allylic oxidation sites excluding steroid dienone is 1. The Morgan fingerprint density at radius 3 is 2.37 bits per heavy atom. The molecule has 3 nitrogen and oxygen atoms in total. The molecule has 35 heavy (non-hydrogen) atoms. The van der Waals surface area contributed by atoms with Crippen molar-refractivity contribution < 1.29 is 8.42 Å². The van der Waals surface area contributed by atoms with Crippen LogP contribution < -0.4 is 4.90 Å². The predicted molar refractivity (Wildman–Crippen MR) is 143 cm³/mol. The van der Waals surface area contributed by atoms with Crippen LogP contribution in [0.2, 0.25) is 0 Å². The van der Waals surface area contributed by atoms with Gasteiger partial charge in [-0.15, -0.1) is 0 Å². The molecule has 0 N–H and O–H groups in total. The molecule has 0 saturated carbocycles. The zero-order valence-corrected chi connectivity index (χ0v) is 19.9. The van der Waals surface area contributed by atoms with E-state index in [-0.39, 0.29) is 0 Å². The average Bonchev–Trinajstić information content (AvgIpc) is 2.90. The quantitative estimate of drug-likeness (QED) is 0.194. The van der Waals surface area contributed by atoms with Crippen LogP contribution in [0.25, 0.3) is 38.7 Å². The smallest absolute Gasteiger partial charge is 0.210 e. The van der Waals surface area contributed by atoms with Crippen LogP contribution >= 0.6 is 0 Å². The van der Waals surface area contributed by atoms with Gasteiger partial charge in [-0.2, -0.15) is 0 Å². The summed E-state index contributed by atoms with van der Waals surface area (Å²) in [5, 5.41) is 4.71. The molecule has 0 saturated heterocycles. The second-order valence-corrected chi connectivity index (χ2v) is 10.9. The fourth-order valence-electron chi connectivity index (χ4n) is 5.50. The lowest BCUT2D eigenvalue weighted by molar-refractivity contribution is 0.594. The number of hydrogen-bond acceptors (Lipinski definition) is 3. The highest BCUT2D eigenvalue weighted by molar-refractivity contribution is 7.92. The van der Waals surface area contributed by atoms with E-state index in [1.807, 2.05) is 24.3 Å². The Morgan fingerprint density at radius 1 is 0.771 bits per heavy atom. The van der Waals surface area contributed by atoms with Gasteiger partial charge in [0.05, 0.1) is 26.9 Å². The van der Waals surface area contributed by atoms with Gasteiger partial charge in [0.2, 0.25) is 9.84 Å². The molecule has 0 amide bonds. The van der Waals surface area contributed by atoms with Crippen molar-refractivity contribution in [3.63, 3.8) is 0 Å². The van der Waals surface area contributed by atoms with E-state index in [0.29, 0.717) is 15.5 Å². The molecule has 7 rings (SSSR count). The number of nitrogens with zero attached hydrogens (tertiary/aromatic N) is 1. The lowest BCUT2D eigenvalue weighted by Gasteiger charge is -2.36. The topological polar surface area (TPSA) is 37.4 Å². The second-order valence-electron chi connectivity index (χ2n) is 9.00. The Kier molecular flexibility index (Phi) is 4.17. The van der Waals surface area contributed by atoms with Crippen molar-refractivity contribution in [2.75, 3.05) is 4.90 Å². The SMILES string of the molecule is CCC1=C=Cc2cccc3c2N1c1cc(-c2cc4ccccc4c4ccccc24)ccc1S3(=O)=O. The van der Waals surface area contributed by atoms with Crippen LogP contribution in [0, 0.1) is 0 Å². The third kappa shape index (κ3) is 2.75. The van der Waals surface area contributed by atoms with E-state index in [1.54, 1.807) is 18.2 Å². The molecule has 0 aromatic heterocycles. The van der Waals surface area contributed by atoms with Gasteiger partial charge in [0.15, 0.2) is 0 Å². The summed E-state index contributed by atoms with van der Waals surface area (Å²) in [5.74, 6) is 0. The van der Waals surface area contributed by atoms with Gasteiger partial charge in [0, 0.05) is 5.56 Å². The summed E-state index contributed by atoms with van der Waals surface area (Å²) in [5.41, 5.74) is 8.73. The normalized spacial score (nSPS) is 15.1. The van der Waals surface area contributed by atoms with E-state index in [0.717, 1.165) is 45.3 Å². The second kappa shape index (κ2) is 7.19. The molecule has 5 aromatic rings. The Bertz CT molecular complexity index is 1890. The lowest BCUT2D eigenvalue weighted by Crippen LogP contribution is -2.27. The summed E-state index contributed by atoms with van der Waals surface area (Å²) < 4.78 is 27.4. The van der Waals surface area contributed by atoms with Crippen LogP contribution in [0.15, 0.2) is 112 Å². The number of para-hydroxylation sites is 1. The highest BCUT2D eigenvalue weighted by Crippen LogP contribution is 2.50. The monoisotopic (exact) mass is 471 g/mol. The Labute approximate surface area is 204 Å². The molecule has 0 bridgehead atoms. The Hall–Kier alpha value is -4.11. The predicted octanol–water partition coefficient (Wildman–Crippen LogP) is 7.86. The van der Waals surface area contributed by atoms with Crippen LogP contribution in [-0.2, 0) is 9.84 Å². The van der Waals surface area contributed by atoms with Gasteiger partial charge in [-0.1, -0.05) is 79.4 Å². The third-order valence-corrected chi connectivity index (χ3v) is 8.94. The minimum atomic E-state index is -3.64. The zero-order chi connectivity index (χ0) is 23.7. The molecule has 0 radical (unpaired) electrons. The van der Waals surface area contributed by atoms with Gasteiger partial charge in [-0.25, -0.2) is 8.42 Å². The van der Waals surface area contributed by atoms with E-state index in [9.17, 15) is 8.42 Å². The fourth-order valence-corrected chi connectivity index (χ4v) is 7.13. The van der Waals surface area contributed by atoms with E-state index >= 15 is 0 Å². The summed E-state index contributed by atoms with van der Waals surface area (Å²) in [6.45, 7) is 2.08. The number of hydrogen-bond donors (Lipinski definition) is 0. The van der Waals surface area contributed by atoms with E-state index < -0.39 is 9.84 Å². The van der Waals surface area contributed by atoms with Crippen LogP contribution in [-0.4, -0.2) is 8.42 Å². The Balaban J connectivity index is 1.55. The summed E-state index contributed by atoms with van der Waals surface area (Å²) in [6, 6.07) is 30.2. The molecular formula is C31H21NO2S. The highest BCUT2D eigenvalue weighted by atomic mass is 32.2. The maximum atomic E-state index is 13.7. The van der Waals surface area contributed by atoms with E-state index in [2.05, 4.69) is 72.2 Å². The maximum Gasteiger partial charge on any atom is 0.210 e. The van der Waals surface area contributed by atoms with Gasteiger partial charge < -0.3 is 4.90 Å². The number of benzene rings is 5. The molecule has 0 unspecified atom stereocenters. The first kappa shape index (κ1) is 20.3. The van der Waals surface area contributed by atoms with Crippen molar-refractivity contribution in [2.24, 2.45) is 0 Å². The molecule has 168 valence electrons. The van der Waals surface area contributed by atoms with Gasteiger partial charge >= 0.3 is 0 Å². The first-order valence-corrected chi connectivity index (χ1v) is 13.2. The van der Waals surface area contributed by atoms with Crippen molar-refractivity contribution in [2.45, 2.75) is 23.1 Å². The fraction of sp³-hybridized carbons (Fsp3) is 0.0645. The zero-order valence-electron chi connectivity index (χ0n) is 19.1. The number of anilines is 2. The van der Waals surface area contributed by atoms with Crippen molar-refractivity contribution in [3.8, 4) is 11.1 Å². The highest BCUT2D eigenvalue weighted by Gasteiger charge is 2.37. The molecule has 0 aliphatic carbocycles. The van der Waals surface area contributed by atoms with Gasteiger partial charge in [-0.3, -0.25) is 0 Å². The summed E-state index contributed by atoms with van der Waals surface area (Å²) in [6.07, 6.45) is 2.64. The van der Waals surface area contributed by atoms with E-state index in [4.69, 9.17) is 0 Å². The van der Waals surface area contributed by atoms with E-state index in [1.165, 1.54) is 10.8 Å². The molecule has 2 aliphatic heterocycles. The summed E-state index contributed by atoms with van der Waals surface area (Å²) >= 11 is 0. The Morgan fingerprint density at radius 2 is 1.54 bits per heavy atom. The van der Waals surface area contributed by atoms with Crippen molar-refractivity contribution >= 4 is 48.8 Å². The van der Waals surface area contributed by atoms with Crippen LogP contribution in [0.3, 0.4) is 0 Å². The van der Waals surface area contributed by atoms with Crippen LogP contribution in [0.1, 0.15) is 18.9 Å². The third-order valence-electron chi connectivity index (χ3n) is 7.11. The van der Waals surface area contributed by atoms with Crippen molar-refractivity contribution in [3.05, 3.63) is 108 Å². The van der Waals surface area contributed by atoms with Gasteiger partial charge in [-0.05, 0) is 69.4 Å². The first-order valence-electron chi connectivity index (χ1n) is 11.8. The molecule has 0 spiro atoms. The van der Waals surface area contributed by atoms with Crippen molar-refractivity contribution in [1.82, 2.24) is 0 Å². The van der Waals surface area contributed by atoms with Crippen LogP contribution in [0.5, 0.6) is 0 Å². The largest absolute Gasteiger partial charge is 0.304 e. The average molecular weight is 472 g/mol. The van der Waals surface area contributed by atoms with Gasteiger partial charge in [0.1, 0.15) is 0 Å². The maximum absolute atomic E-state index is 13.7. The molecule has 0 atom stereocenters.